The molecule has 0 fully saturated rings. The molecule has 4 atom stereocenters. The predicted molar refractivity (Wildman–Crippen MR) is 336 cm³/mol. The Bertz CT molecular complexity index is 2190. The Labute approximate surface area is 487 Å². The largest absolute Gasteiger partial charge is 0.504 e. The van der Waals surface area contributed by atoms with E-state index in [1.807, 2.05) is 38.1 Å². The van der Waals surface area contributed by atoms with Crippen LogP contribution in [0, 0.1) is 39.4 Å². The number of methoxy groups -OCH3 is 1. The van der Waals surface area contributed by atoms with Crippen molar-refractivity contribution in [2.75, 3.05) is 30.1 Å². The van der Waals surface area contributed by atoms with Crippen LogP contribution in [-0.4, -0.2) is 63.6 Å². The number of ether oxygens (including phenoxy) is 1. The van der Waals surface area contributed by atoms with Gasteiger partial charge in [0.15, 0.2) is 23.0 Å². The van der Waals surface area contributed by atoms with Crippen molar-refractivity contribution in [2.24, 2.45) is 16.7 Å². The highest BCUT2D eigenvalue weighted by molar-refractivity contribution is 8.47. The smallest absolute Gasteiger partial charge is 0.310 e. The van der Waals surface area contributed by atoms with Crippen LogP contribution in [0.3, 0.4) is 0 Å². The quantitative estimate of drug-likeness (QED) is 0.0189. The minimum Gasteiger partial charge on any atom is -0.504 e. The molecule has 0 heterocycles. The molecule has 4 N–H and O–H groups in total. The number of carbonyl (C=O) groups is 1. The third kappa shape index (κ3) is 28.2. The van der Waals surface area contributed by atoms with Crippen molar-refractivity contribution >= 4 is 84.5 Å². The summed E-state index contributed by atoms with van der Waals surface area (Å²) in [5.41, 5.74) is 1.40. The van der Waals surface area contributed by atoms with Crippen molar-refractivity contribution in [3.05, 3.63) is 83.4 Å². The number of hydrogen-bond donors (Lipinski definition) is 4. The predicted octanol–water partition coefficient (Wildman–Crippen LogP) is 19.2. The van der Waals surface area contributed by atoms with Crippen molar-refractivity contribution in [1.29, 1.82) is 10.5 Å². The third-order valence-electron chi connectivity index (χ3n) is 14.2. The average molecular weight is 1150 g/mol. The van der Waals surface area contributed by atoms with Gasteiger partial charge in [-0.15, -0.1) is 47.0 Å². The lowest BCUT2D eigenvalue weighted by Gasteiger charge is -2.32. The number of thiocarbonyl (C=S) groups is 2. The second-order valence-electron chi connectivity index (χ2n) is 21.3. The molecule has 8 nitrogen and oxygen atoms in total. The first kappa shape index (κ1) is 69.0. The maximum absolute atomic E-state index is 12.6. The molecule has 0 aliphatic rings. The highest BCUT2D eigenvalue weighted by atomic mass is 32.2. The van der Waals surface area contributed by atoms with Crippen LogP contribution in [0.2, 0.25) is 0 Å². The van der Waals surface area contributed by atoms with Gasteiger partial charge in [-0.3, -0.25) is 4.79 Å². The van der Waals surface area contributed by atoms with Crippen LogP contribution in [0.1, 0.15) is 217 Å². The van der Waals surface area contributed by atoms with E-state index >= 15 is 0 Å². The number of esters is 1. The summed E-state index contributed by atoms with van der Waals surface area (Å²) in [6.45, 7) is 12.0. The van der Waals surface area contributed by atoms with E-state index in [9.17, 15) is 35.7 Å². The van der Waals surface area contributed by atoms with Crippen LogP contribution in [0.4, 0.5) is 0 Å². The molecule has 76 heavy (non-hydrogen) atoms. The van der Waals surface area contributed by atoms with E-state index < -0.39 is 22.7 Å². The number of thioether (sulfide) groups is 4. The summed E-state index contributed by atoms with van der Waals surface area (Å²) in [7, 11) is 1.33. The average Bonchev–Trinajstić information content (AvgIpc) is 3.41. The van der Waals surface area contributed by atoms with Crippen molar-refractivity contribution < 1.29 is 30.0 Å². The van der Waals surface area contributed by atoms with Crippen molar-refractivity contribution in [3.63, 3.8) is 0 Å². The molecule has 0 saturated heterocycles. The Hall–Kier alpha value is -3.11. The van der Waals surface area contributed by atoms with Crippen LogP contribution < -0.4 is 0 Å². The molecule has 0 saturated carbocycles. The minimum atomic E-state index is -0.917. The van der Waals surface area contributed by atoms with Crippen LogP contribution >= 0.6 is 71.5 Å². The van der Waals surface area contributed by atoms with E-state index in [4.69, 9.17) is 29.2 Å². The number of carbonyl (C=O) groups excluding carboxylic acids is 1. The Balaban J connectivity index is 0.000000521. The molecule has 3 rings (SSSR count). The van der Waals surface area contributed by atoms with Gasteiger partial charge in [-0.05, 0) is 118 Å². The van der Waals surface area contributed by atoms with E-state index in [1.165, 1.54) is 141 Å². The fourth-order valence-corrected chi connectivity index (χ4v) is 14.0. The number of aromatic hydroxyl groups is 4. The first-order chi connectivity index (χ1) is 36.4. The summed E-state index contributed by atoms with van der Waals surface area (Å²) in [6, 6.07) is 24.8. The van der Waals surface area contributed by atoms with Gasteiger partial charge in [0.05, 0.1) is 36.0 Å². The van der Waals surface area contributed by atoms with Crippen LogP contribution in [-0.2, 0) is 9.53 Å². The number of nitriles is 2. The number of hydrogen-bond acceptors (Lipinski definition) is 14. The molecule has 0 radical (unpaired) electrons. The SMILES string of the molecule is CCCCCCCCCCCCSC(=S)SCC(CC(C(=O)OC)C(C)(C)C#N)c1ccc(O)c(O)c1.CCCCCCCCCCCCSC(=S)SCC(CC(c1ccccc1)C(C)(C)C#N)c1ccc(O)c(O)c1. The lowest BCUT2D eigenvalue weighted by Crippen LogP contribution is -2.32. The lowest BCUT2D eigenvalue weighted by atomic mass is 9.71. The molecule has 0 aromatic heterocycles. The first-order valence-electron chi connectivity index (χ1n) is 28.0. The molecule has 422 valence electrons. The molecule has 3 aromatic rings. The highest BCUT2D eigenvalue weighted by Gasteiger charge is 2.39. The van der Waals surface area contributed by atoms with Gasteiger partial charge in [0.1, 0.15) is 7.06 Å². The maximum atomic E-state index is 12.6. The molecular weight excluding hydrogens is 1060 g/mol. The fraction of sp³-hybridized carbons (Fsp3) is 0.629. The summed E-state index contributed by atoms with van der Waals surface area (Å²) in [5, 5.41) is 59.6. The Morgan fingerprint density at radius 1 is 0.526 bits per heavy atom. The summed E-state index contributed by atoms with van der Waals surface area (Å²) in [6.07, 6.45) is 27.5. The normalized spacial score (nSPS) is 13.1. The summed E-state index contributed by atoms with van der Waals surface area (Å²) >= 11 is 18.1. The summed E-state index contributed by atoms with van der Waals surface area (Å²) < 4.78 is 6.82. The van der Waals surface area contributed by atoms with Gasteiger partial charge in [-0.25, -0.2) is 0 Å². The lowest BCUT2D eigenvalue weighted by molar-refractivity contribution is -0.148. The zero-order chi connectivity index (χ0) is 56.2. The van der Waals surface area contributed by atoms with Crippen LogP contribution in [0.25, 0.3) is 0 Å². The van der Waals surface area contributed by atoms with E-state index in [-0.39, 0.29) is 40.8 Å². The number of nitrogens with zero attached hydrogens (tertiary/aromatic N) is 2. The van der Waals surface area contributed by atoms with E-state index in [2.05, 4.69) is 38.1 Å². The fourth-order valence-electron chi connectivity index (χ4n) is 9.19. The second-order valence-corrected chi connectivity index (χ2v) is 27.9. The highest BCUT2D eigenvalue weighted by Crippen LogP contribution is 2.45. The molecular formula is C62H92N2O6S6. The van der Waals surface area contributed by atoms with E-state index in [1.54, 1.807) is 79.1 Å². The topological polar surface area (TPSA) is 155 Å². The van der Waals surface area contributed by atoms with Gasteiger partial charge < -0.3 is 25.2 Å². The van der Waals surface area contributed by atoms with E-state index in [0.29, 0.717) is 12.2 Å². The zero-order valence-corrected chi connectivity index (χ0v) is 51.9. The summed E-state index contributed by atoms with van der Waals surface area (Å²) in [5.74, 6) is 1.62. The molecule has 3 aromatic carbocycles. The monoisotopic (exact) mass is 1150 g/mol. The van der Waals surface area contributed by atoms with Crippen molar-refractivity contribution in [1.82, 2.24) is 0 Å². The van der Waals surface area contributed by atoms with Crippen LogP contribution in [0.15, 0.2) is 66.7 Å². The van der Waals surface area contributed by atoms with Gasteiger partial charge in [0.2, 0.25) is 0 Å². The Morgan fingerprint density at radius 2 is 0.908 bits per heavy atom. The van der Waals surface area contributed by atoms with Crippen molar-refractivity contribution in [3.8, 4) is 35.1 Å². The van der Waals surface area contributed by atoms with E-state index in [0.717, 1.165) is 53.8 Å². The Kier molecular flexibility index (Phi) is 36.4. The molecule has 0 spiro atoms. The van der Waals surface area contributed by atoms with Gasteiger partial charge in [-0.2, -0.15) is 10.5 Å². The number of benzene rings is 3. The number of phenols is 4. The van der Waals surface area contributed by atoms with Gasteiger partial charge >= 0.3 is 5.97 Å². The first-order valence-corrected chi connectivity index (χ1v) is 32.8. The molecule has 0 amide bonds. The molecule has 0 bridgehead atoms. The molecule has 0 aliphatic carbocycles. The second kappa shape index (κ2) is 40.1. The number of unbranched alkanes of at least 4 members (excludes halogenated alkanes) is 18. The maximum Gasteiger partial charge on any atom is 0.310 e. The van der Waals surface area contributed by atoms with Crippen LogP contribution in [0.5, 0.6) is 23.0 Å². The summed E-state index contributed by atoms with van der Waals surface area (Å²) in [4.78, 5) is 12.6. The van der Waals surface area contributed by atoms with Gasteiger partial charge in [-0.1, -0.05) is 196 Å². The number of phenolic OH excluding ortho intramolecular Hbond substituents is 4. The molecule has 4 unspecified atom stereocenters. The van der Waals surface area contributed by atoms with Gasteiger partial charge in [0.25, 0.3) is 0 Å². The number of rotatable bonds is 36. The Morgan fingerprint density at radius 3 is 1.28 bits per heavy atom. The zero-order valence-electron chi connectivity index (χ0n) is 47.0. The minimum absolute atomic E-state index is 0.0121. The molecule has 0 aliphatic heterocycles. The van der Waals surface area contributed by atoms with Gasteiger partial charge in [0, 0.05) is 17.4 Å². The third-order valence-corrected chi connectivity index (χ3v) is 20.1. The van der Waals surface area contributed by atoms with Crippen molar-refractivity contribution in [2.45, 2.75) is 201 Å². The standard InChI is InChI=1S/C33H47NO2S3.C29H45NO4S3/c1-4-5-6-7-8-9-10-11-12-16-21-38-32(37)39-24-28(27-19-20-30(35)31(36)23-27)22-29(33(2,3)25-34)26-17-14-13-15-18-26;1-5-6-7-8-9-10-11-12-13-14-17-36-28(35)37-20-23(22-15-16-25(31)26(32)19-22)18-24(27(33)34-4)29(2,3)21-30/h13-15,17-20,23,28-29,35-36H,4-12,16,21-22,24H2,1-3H3;15-16,19,23-24,31-32H,5-14,17-18,20H2,1-4H3. The molecule has 14 heteroatoms.